The molecule has 1 saturated carbocycles. The van der Waals surface area contributed by atoms with E-state index in [0.717, 1.165) is 5.56 Å². The highest BCUT2D eigenvalue weighted by molar-refractivity contribution is 7.92. The Kier molecular flexibility index (Phi) is 3.55. The Morgan fingerprint density at radius 2 is 1.62 bits per heavy atom. The summed E-state index contributed by atoms with van der Waals surface area (Å²) in [6.07, 6.45) is 0. The Bertz CT molecular complexity index is 726. The third-order valence-electron chi connectivity index (χ3n) is 3.99. The average Bonchev–Trinajstić information content (AvgIpc) is 3.24. The van der Waals surface area contributed by atoms with Gasteiger partial charge in [-0.1, -0.05) is 30.3 Å². The van der Waals surface area contributed by atoms with Gasteiger partial charge in [-0.05, 0) is 29.8 Å². The first-order valence-corrected chi connectivity index (χ1v) is 8.25. The van der Waals surface area contributed by atoms with Gasteiger partial charge in [-0.15, -0.1) is 0 Å². The van der Waals surface area contributed by atoms with E-state index >= 15 is 0 Å². The first-order valence-electron chi connectivity index (χ1n) is 6.71. The minimum Gasteiger partial charge on any atom is -0.396 e. The van der Waals surface area contributed by atoms with Crippen molar-refractivity contribution in [1.82, 2.24) is 0 Å². The molecule has 3 rings (SSSR count). The van der Waals surface area contributed by atoms with Crippen LogP contribution in [0.3, 0.4) is 0 Å². The maximum Gasteiger partial charge on any atom is 0.182 e. The quantitative estimate of drug-likeness (QED) is 0.943. The minimum absolute atomic E-state index is 0.196. The van der Waals surface area contributed by atoms with Crippen LogP contribution in [0.2, 0.25) is 0 Å². The molecule has 0 aliphatic heterocycles. The topological polar surface area (TPSA) is 54.4 Å². The first kappa shape index (κ1) is 14.2. The molecule has 21 heavy (non-hydrogen) atoms. The van der Waals surface area contributed by atoms with Gasteiger partial charge in [-0.2, -0.15) is 0 Å². The van der Waals surface area contributed by atoms with Crippen molar-refractivity contribution in [3.8, 4) is 0 Å². The zero-order valence-electron chi connectivity index (χ0n) is 11.2. The molecule has 2 aromatic rings. The summed E-state index contributed by atoms with van der Waals surface area (Å²) in [6, 6.07) is 14.0. The van der Waals surface area contributed by atoms with E-state index in [2.05, 4.69) is 0 Å². The van der Waals surface area contributed by atoms with E-state index < -0.39 is 15.1 Å². The average molecular weight is 306 g/mol. The summed E-state index contributed by atoms with van der Waals surface area (Å²) in [5, 5.41) is 8.79. The SMILES string of the molecule is O=S(=O)(c1ccccc1)[C@H]1[C@@H](CO)[C@@H]1c1ccc(F)cc1. The van der Waals surface area contributed by atoms with Crippen molar-refractivity contribution >= 4 is 9.84 Å². The predicted molar refractivity (Wildman–Crippen MR) is 77.1 cm³/mol. The van der Waals surface area contributed by atoms with Gasteiger partial charge in [-0.3, -0.25) is 0 Å². The number of hydrogen-bond acceptors (Lipinski definition) is 3. The maximum absolute atomic E-state index is 13.0. The van der Waals surface area contributed by atoms with Crippen molar-refractivity contribution in [1.29, 1.82) is 0 Å². The molecule has 0 saturated heterocycles. The number of aliphatic hydroxyl groups excluding tert-OH is 1. The van der Waals surface area contributed by atoms with Crippen LogP contribution in [0.4, 0.5) is 4.39 Å². The molecule has 110 valence electrons. The molecule has 3 atom stereocenters. The largest absolute Gasteiger partial charge is 0.396 e. The van der Waals surface area contributed by atoms with Crippen molar-refractivity contribution in [3.63, 3.8) is 0 Å². The Morgan fingerprint density at radius 3 is 2.19 bits per heavy atom. The van der Waals surface area contributed by atoms with Crippen LogP contribution in [0, 0.1) is 11.7 Å². The molecule has 0 amide bonds. The van der Waals surface area contributed by atoms with Crippen molar-refractivity contribution in [3.05, 3.63) is 66.0 Å². The molecule has 0 bridgehead atoms. The zero-order valence-corrected chi connectivity index (χ0v) is 12.0. The molecule has 3 nitrogen and oxygen atoms in total. The van der Waals surface area contributed by atoms with Gasteiger partial charge in [0.15, 0.2) is 9.84 Å². The van der Waals surface area contributed by atoms with Crippen LogP contribution < -0.4 is 0 Å². The van der Waals surface area contributed by atoms with Crippen molar-refractivity contribution < 1.29 is 17.9 Å². The van der Waals surface area contributed by atoms with E-state index in [1.54, 1.807) is 42.5 Å². The fourth-order valence-electron chi connectivity index (χ4n) is 2.87. The second kappa shape index (κ2) is 5.24. The molecule has 0 spiro atoms. The molecule has 5 heteroatoms. The van der Waals surface area contributed by atoms with Crippen molar-refractivity contribution in [2.75, 3.05) is 6.61 Å². The van der Waals surface area contributed by atoms with Crippen LogP contribution in [0.1, 0.15) is 11.5 Å². The van der Waals surface area contributed by atoms with Crippen molar-refractivity contribution in [2.45, 2.75) is 16.1 Å². The summed E-state index contributed by atoms with van der Waals surface area (Å²) in [5.41, 5.74) is 0.750. The number of rotatable bonds is 4. The van der Waals surface area contributed by atoms with E-state index in [-0.39, 0.29) is 29.2 Å². The molecule has 0 unspecified atom stereocenters. The van der Waals surface area contributed by atoms with Crippen LogP contribution in [-0.4, -0.2) is 25.4 Å². The van der Waals surface area contributed by atoms with Crippen molar-refractivity contribution in [2.24, 2.45) is 5.92 Å². The lowest BCUT2D eigenvalue weighted by molar-refractivity contribution is 0.274. The highest BCUT2D eigenvalue weighted by Crippen LogP contribution is 2.53. The lowest BCUT2D eigenvalue weighted by atomic mass is 10.1. The van der Waals surface area contributed by atoms with E-state index in [4.69, 9.17) is 0 Å². The van der Waals surface area contributed by atoms with Gasteiger partial charge in [0.25, 0.3) is 0 Å². The molecule has 0 radical (unpaired) electrons. The maximum atomic E-state index is 13.0. The fraction of sp³-hybridized carbons (Fsp3) is 0.250. The number of halogens is 1. The van der Waals surface area contributed by atoms with E-state index in [9.17, 15) is 17.9 Å². The Balaban J connectivity index is 1.94. The summed E-state index contributed by atoms with van der Waals surface area (Å²) in [5.74, 6) is -0.969. The minimum atomic E-state index is -3.49. The van der Waals surface area contributed by atoms with Gasteiger partial charge < -0.3 is 5.11 Å². The number of benzene rings is 2. The van der Waals surface area contributed by atoms with E-state index in [0.29, 0.717) is 0 Å². The molecular formula is C16H15FO3S. The standard InChI is InChI=1S/C16H15FO3S/c17-12-8-6-11(7-9-12)15-14(10-18)16(15)21(19,20)13-4-2-1-3-5-13/h1-9,14-16,18H,10H2/t14-,15-,16-/m0/s1. The lowest BCUT2D eigenvalue weighted by Gasteiger charge is -2.04. The normalized spacial score (nSPS) is 24.8. The molecular weight excluding hydrogens is 291 g/mol. The Labute approximate surface area is 123 Å². The van der Waals surface area contributed by atoms with Gasteiger partial charge in [0, 0.05) is 18.4 Å². The van der Waals surface area contributed by atoms with Crippen LogP contribution in [0.15, 0.2) is 59.5 Å². The van der Waals surface area contributed by atoms with E-state index in [1.165, 1.54) is 12.1 Å². The predicted octanol–water partition coefficient (Wildman–Crippen LogP) is 2.37. The summed E-state index contributed by atoms with van der Waals surface area (Å²) in [7, 11) is -3.49. The first-order chi connectivity index (χ1) is 10.1. The van der Waals surface area contributed by atoms with Gasteiger partial charge in [-0.25, -0.2) is 12.8 Å². The second-order valence-corrected chi connectivity index (χ2v) is 7.35. The molecule has 0 aromatic heterocycles. The number of aliphatic hydroxyl groups is 1. The van der Waals surface area contributed by atoms with E-state index in [1.807, 2.05) is 0 Å². The Morgan fingerprint density at radius 1 is 1.00 bits per heavy atom. The molecule has 1 aliphatic rings. The molecule has 2 aromatic carbocycles. The molecule has 1 N–H and O–H groups in total. The lowest BCUT2D eigenvalue weighted by Crippen LogP contribution is -2.11. The number of sulfone groups is 1. The zero-order chi connectivity index (χ0) is 15.0. The highest BCUT2D eigenvalue weighted by atomic mass is 32.2. The van der Waals surface area contributed by atoms with Crippen LogP contribution in [0.5, 0.6) is 0 Å². The highest BCUT2D eigenvalue weighted by Gasteiger charge is 2.58. The summed E-state index contributed by atoms with van der Waals surface area (Å²) in [6.45, 7) is -0.196. The van der Waals surface area contributed by atoms with Crippen LogP contribution >= 0.6 is 0 Å². The summed E-state index contributed by atoms with van der Waals surface area (Å²) >= 11 is 0. The smallest absolute Gasteiger partial charge is 0.182 e. The number of hydrogen-bond donors (Lipinski definition) is 1. The van der Waals surface area contributed by atoms with Gasteiger partial charge in [0.2, 0.25) is 0 Å². The van der Waals surface area contributed by atoms with Crippen LogP contribution in [-0.2, 0) is 9.84 Å². The summed E-state index contributed by atoms with van der Waals surface area (Å²) in [4.78, 5) is 0.262. The molecule has 1 fully saturated rings. The fourth-order valence-corrected chi connectivity index (χ4v) is 5.09. The molecule has 0 heterocycles. The second-order valence-electron chi connectivity index (χ2n) is 5.25. The van der Waals surface area contributed by atoms with Gasteiger partial charge in [0.1, 0.15) is 5.82 Å². The van der Waals surface area contributed by atoms with Gasteiger partial charge >= 0.3 is 0 Å². The molecule has 1 aliphatic carbocycles. The third kappa shape index (κ3) is 2.47. The Hall–Kier alpha value is -1.72. The van der Waals surface area contributed by atoms with Crippen LogP contribution in [0.25, 0.3) is 0 Å². The third-order valence-corrected chi connectivity index (χ3v) is 6.28. The summed E-state index contributed by atoms with van der Waals surface area (Å²) < 4.78 is 38.2. The van der Waals surface area contributed by atoms with Gasteiger partial charge in [0.05, 0.1) is 10.1 Å². The monoisotopic (exact) mass is 306 g/mol.